The van der Waals surface area contributed by atoms with Gasteiger partial charge in [-0.1, -0.05) is 130 Å². The van der Waals surface area contributed by atoms with Crippen LogP contribution < -0.4 is 17.0 Å². The first-order valence-electron chi connectivity index (χ1n) is 14.6. The van der Waals surface area contributed by atoms with Gasteiger partial charge in [0.25, 0.3) is 0 Å². The zero-order valence-electron chi connectivity index (χ0n) is 22.5. The summed E-state index contributed by atoms with van der Waals surface area (Å²) < 4.78 is 1.44. The van der Waals surface area contributed by atoms with E-state index in [9.17, 15) is 0 Å². The Kier molecular flexibility index (Phi) is 28.9. The molecule has 0 atom stereocenters. The van der Waals surface area contributed by atoms with Crippen molar-refractivity contribution < 1.29 is 21.5 Å². The van der Waals surface area contributed by atoms with Gasteiger partial charge in [-0.2, -0.15) is 0 Å². The van der Waals surface area contributed by atoms with E-state index in [0.29, 0.717) is 0 Å². The summed E-state index contributed by atoms with van der Waals surface area (Å²) >= 11 is 0. The predicted octanol–water partition coefficient (Wildman–Crippen LogP) is 7.08. The minimum atomic E-state index is 0. The van der Waals surface area contributed by atoms with Gasteiger partial charge in [-0.3, -0.25) is 0 Å². The number of hydrogen-bond donors (Lipinski definition) is 0. The molecule has 190 valence electrons. The van der Waals surface area contributed by atoms with E-state index in [1.54, 1.807) is 0 Å². The first-order valence-corrected chi connectivity index (χ1v) is 14.6. The lowest BCUT2D eigenvalue weighted by Crippen LogP contribution is -3.00. The number of hydrogen-bond acceptors (Lipinski definition) is 0. The van der Waals surface area contributed by atoms with E-state index in [1.807, 2.05) is 0 Å². The molecule has 0 aromatic heterocycles. The van der Waals surface area contributed by atoms with E-state index in [2.05, 4.69) is 27.7 Å². The molecule has 0 N–H and O–H groups in total. The van der Waals surface area contributed by atoms with Gasteiger partial charge in [0.1, 0.15) is 0 Å². The Morgan fingerprint density at radius 2 is 0.516 bits per heavy atom. The van der Waals surface area contributed by atoms with E-state index >= 15 is 0 Å². The summed E-state index contributed by atoms with van der Waals surface area (Å²) in [5.74, 6) is 0. The second-order valence-electron chi connectivity index (χ2n) is 10.2. The van der Waals surface area contributed by atoms with Crippen LogP contribution in [0.25, 0.3) is 0 Å². The second kappa shape index (κ2) is 26.7. The predicted molar refractivity (Wildman–Crippen MR) is 139 cm³/mol. The van der Waals surface area contributed by atoms with Gasteiger partial charge in [-0.15, -0.1) is 0 Å². The summed E-state index contributed by atoms with van der Waals surface area (Å²) in [6.07, 6.45) is 30.4. The van der Waals surface area contributed by atoms with Gasteiger partial charge in [0.15, 0.2) is 0 Å². The lowest BCUT2D eigenvalue weighted by molar-refractivity contribution is -0.929. The number of halogens is 1. The third-order valence-electron chi connectivity index (χ3n) is 7.19. The second-order valence-corrected chi connectivity index (χ2v) is 10.2. The lowest BCUT2D eigenvalue weighted by Gasteiger charge is -2.39. The maximum Gasteiger partial charge on any atom is 0.0786 e. The molecule has 0 aliphatic carbocycles. The first kappa shape index (κ1) is 33.6. The number of unbranched alkanes of at least 4 members (excludes halogenated alkanes) is 17. The van der Waals surface area contributed by atoms with Crippen molar-refractivity contribution >= 4 is 0 Å². The van der Waals surface area contributed by atoms with Crippen LogP contribution in [-0.4, -0.2) is 30.7 Å². The minimum absolute atomic E-state index is 0. The third kappa shape index (κ3) is 22.0. The minimum Gasteiger partial charge on any atom is -1.00 e. The third-order valence-corrected chi connectivity index (χ3v) is 7.19. The van der Waals surface area contributed by atoms with Gasteiger partial charge in [-0.25, -0.2) is 0 Å². The average molecular weight is 505 g/mol. The Morgan fingerprint density at radius 3 is 0.806 bits per heavy atom. The summed E-state index contributed by atoms with van der Waals surface area (Å²) in [7, 11) is 0. The number of rotatable bonds is 25. The standard InChI is InChI=1S/C29H62N.BrH/c1-5-9-13-14-15-16-17-18-19-20-21-22-23-24-25-29-30(26-10-6-2,27-11-7-3)28-12-8-4;/h5-29H2,1-4H3;1H/q+1;/p-1. The molecule has 0 rings (SSSR count). The fraction of sp³-hybridized carbons (Fsp3) is 1.00. The molecule has 0 bridgehead atoms. The molecule has 0 fully saturated rings. The topological polar surface area (TPSA) is 0 Å². The highest BCUT2D eigenvalue weighted by Gasteiger charge is 2.24. The van der Waals surface area contributed by atoms with E-state index < -0.39 is 0 Å². The molecule has 0 aromatic rings. The van der Waals surface area contributed by atoms with Gasteiger partial charge in [0.05, 0.1) is 26.2 Å². The van der Waals surface area contributed by atoms with E-state index in [-0.39, 0.29) is 17.0 Å². The molecule has 31 heavy (non-hydrogen) atoms. The summed E-state index contributed by atoms with van der Waals surface area (Å²) in [6, 6.07) is 0. The molecule has 0 radical (unpaired) electrons. The molecule has 0 saturated heterocycles. The van der Waals surface area contributed by atoms with E-state index in [0.717, 1.165) is 0 Å². The highest BCUT2D eigenvalue weighted by molar-refractivity contribution is 4.52. The van der Waals surface area contributed by atoms with Gasteiger partial charge >= 0.3 is 0 Å². The molecule has 2 heteroatoms. The SMILES string of the molecule is CCCCCCCCCCCCCCCCC[N+](CCCC)(CCCC)CCCC.[Br-]. The van der Waals surface area contributed by atoms with E-state index in [1.165, 1.54) is 165 Å². The smallest absolute Gasteiger partial charge is 0.0786 e. The first-order chi connectivity index (χ1) is 14.7. The monoisotopic (exact) mass is 503 g/mol. The highest BCUT2D eigenvalue weighted by Crippen LogP contribution is 2.18. The zero-order valence-corrected chi connectivity index (χ0v) is 24.1. The Hall–Kier alpha value is 0.440. The molecule has 0 aliphatic heterocycles. The number of quaternary nitrogens is 1. The van der Waals surface area contributed by atoms with Crippen LogP contribution in [0.5, 0.6) is 0 Å². The Bertz CT molecular complexity index is 296. The zero-order chi connectivity index (χ0) is 22.2. The van der Waals surface area contributed by atoms with Gasteiger partial charge < -0.3 is 21.5 Å². The van der Waals surface area contributed by atoms with Crippen molar-refractivity contribution in [2.75, 3.05) is 26.2 Å². The van der Waals surface area contributed by atoms with Crippen molar-refractivity contribution in [1.82, 2.24) is 0 Å². The Balaban J connectivity index is 0. The average Bonchev–Trinajstić information content (AvgIpc) is 2.77. The highest BCUT2D eigenvalue weighted by atomic mass is 79.9. The van der Waals surface area contributed by atoms with Crippen LogP contribution in [0.4, 0.5) is 0 Å². The summed E-state index contributed by atoms with van der Waals surface area (Å²) in [5, 5.41) is 0. The molecular formula is C29H62BrN. The van der Waals surface area contributed by atoms with Crippen LogP contribution in [0, 0.1) is 0 Å². The summed E-state index contributed by atoms with van der Waals surface area (Å²) in [6.45, 7) is 15.2. The van der Waals surface area contributed by atoms with Gasteiger partial charge in [0.2, 0.25) is 0 Å². The van der Waals surface area contributed by atoms with Crippen molar-refractivity contribution in [3.05, 3.63) is 0 Å². The molecular weight excluding hydrogens is 442 g/mol. The van der Waals surface area contributed by atoms with Crippen LogP contribution in [0.3, 0.4) is 0 Å². The molecule has 0 unspecified atom stereocenters. The molecule has 0 heterocycles. The van der Waals surface area contributed by atoms with Crippen LogP contribution in [-0.2, 0) is 0 Å². The van der Waals surface area contributed by atoms with Gasteiger partial charge in [0, 0.05) is 0 Å². The quantitative estimate of drug-likeness (QED) is 0.0921. The molecule has 0 aliphatic rings. The number of nitrogens with zero attached hydrogens (tertiary/aromatic N) is 1. The molecule has 1 nitrogen and oxygen atoms in total. The van der Waals surface area contributed by atoms with Crippen molar-refractivity contribution in [2.45, 2.75) is 163 Å². The van der Waals surface area contributed by atoms with E-state index in [4.69, 9.17) is 0 Å². The molecule has 0 spiro atoms. The molecule has 0 saturated carbocycles. The van der Waals surface area contributed by atoms with Crippen LogP contribution >= 0.6 is 0 Å². The maximum atomic E-state index is 2.36. The molecule has 0 aromatic carbocycles. The summed E-state index contributed by atoms with van der Waals surface area (Å²) in [4.78, 5) is 0. The van der Waals surface area contributed by atoms with Crippen LogP contribution in [0.2, 0.25) is 0 Å². The van der Waals surface area contributed by atoms with Crippen molar-refractivity contribution in [1.29, 1.82) is 0 Å². The fourth-order valence-corrected chi connectivity index (χ4v) is 4.97. The molecule has 0 amide bonds. The Labute approximate surface area is 209 Å². The van der Waals surface area contributed by atoms with Crippen molar-refractivity contribution in [3.8, 4) is 0 Å². The fourth-order valence-electron chi connectivity index (χ4n) is 4.97. The Morgan fingerprint density at radius 1 is 0.290 bits per heavy atom. The van der Waals surface area contributed by atoms with Crippen molar-refractivity contribution in [2.24, 2.45) is 0 Å². The maximum absolute atomic E-state index is 2.36. The summed E-state index contributed by atoms with van der Waals surface area (Å²) in [5.41, 5.74) is 0. The van der Waals surface area contributed by atoms with Crippen molar-refractivity contribution in [3.63, 3.8) is 0 Å². The normalized spacial score (nSPS) is 11.6. The van der Waals surface area contributed by atoms with Crippen LogP contribution in [0.1, 0.15) is 163 Å². The van der Waals surface area contributed by atoms with Crippen LogP contribution in [0.15, 0.2) is 0 Å². The largest absolute Gasteiger partial charge is 1.00 e. The lowest BCUT2D eigenvalue weighted by atomic mass is 10.0. The van der Waals surface area contributed by atoms with Gasteiger partial charge in [-0.05, 0) is 32.1 Å².